The summed E-state index contributed by atoms with van der Waals surface area (Å²) in [5.74, 6) is -0.139. The number of benzene rings is 1. The lowest BCUT2D eigenvalue weighted by Gasteiger charge is -2.28. The van der Waals surface area contributed by atoms with E-state index in [9.17, 15) is 9.90 Å². The zero-order valence-corrected chi connectivity index (χ0v) is 10.3. The first-order chi connectivity index (χ1) is 7.95. The number of ether oxygens (including phenoxy) is 1. The number of hydrogen-bond acceptors (Lipinski definition) is 4. The molecule has 1 aromatic rings. The van der Waals surface area contributed by atoms with Crippen LogP contribution in [0.2, 0.25) is 0 Å². The number of rotatable bonds is 5. The Labute approximate surface area is 101 Å². The van der Waals surface area contributed by atoms with Crippen molar-refractivity contribution in [1.29, 1.82) is 0 Å². The van der Waals surface area contributed by atoms with Gasteiger partial charge in [-0.05, 0) is 31.2 Å². The van der Waals surface area contributed by atoms with Gasteiger partial charge in [-0.25, -0.2) is 0 Å². The second kappa shape index (κ2) is 5.05. The minimum absolute atomic E-state index is 0.0274. The molecule has 5 heteroatoms. The van der Waals surface area contributed by atoms with Crippen LogP contribution in [-0.4, -0.2) is 24.7 Å². The molecule has 94 valence electrons. The standard InChI is InChI=1S/C12H18N2O3/c1-4-14-12(2,11(13)16)8-5-6-9(15)10(7-8)17-3/h5-7,14-15H,4H2,1-3H3,(H2,13,16). The lowest BCUT2D eigenvalue weighted by atomic mass is 9.91. The molecule has 5 nitrogen and oxygen atoms in total. The van der Waals surface area contributed by atoms with E-state index in [1.54, 1.807) is 19.1 Å². The summed E-state index contributed by atoms with van der Waals surface area (Å²) >= 11 is 0. The highest BCUT2D eigenvalue weighted by atomic mass is 16.5. The van der Waals surface area contributed by atoms with Gasteiger partial charge >= 0.3 is 0 Å². The van der Waals surface area contributed by atoms with Gasteiger partial charge in [-0.15, -0.1) is 0 Å². The molecule has 0 aliphatic carbocycles. The van der Waals surface area contributed by atoms with Crippen LogP contribution in [0, 0.1) is 0 Å². The summed E-state index contributed by atoms with van der Waals surface area (Å²) in [6, 6.07) is 4.72. The van der Waals surface area contributed by atoms with Crippen molar-refractivity contribution < 1.29 is 14.6 Å². The molecule has 4 N–H and O–H groups in total. The van der Waals surface area contributed by atoms with E-state index >= 15 is 0 Å². The Morgan fingerprint density at radius 1 is 1.59 bits per heavy atom. The van der Waals surface area contributed by atoms with Gasteiger partial charge in [0.1, 0.15) is 5.54 Å². The summed E-state index contributed by atoms with van der Waals surface area (Å²) in [5, 5.41) is 12.5. The smallest absolute Gasteiger partial charge is 0.242 e. The molecule has 1 aromatic carbocycles. The van der Waals surface area contributed by atoms with E-state index in [1.165, 1.54) is 13.2 Å². The molecule has 1 rings (SSSR count). The Bertz CT molecular complexity index is 420. The molecule has 0 heterocycles. The van der Waals surface area contributed by atoms with Gasteiger partial charge in [-0.1, -0.05) is 13.0 Å². The zero-order valence-electron chi connectivity index (χ0n) is 10.3. The van der Waals surface area contributed by atoms with Gasteiger partial charge in [-0.2, -0.15) is 0 Å². The summed E-state index contributed by atoms with van der Waals surface area (Å²) in [6.45, 7) is 4.19. The number of carbonyl (C=O) groups excluding carboxylic acids is 1. The molecular formula is C12H18N2O3. The highest BCUT2D eigenvalue weighted by molar-refractivity contribution is 5.86. The molecule has 17 heavy (non-hydrogen) atoms. The Kier molecular flexibility index (Phi) is 3.96. The fourth-order valence-corrected chi connectivity index (χ4v) is 1.67. The topological polar surface area (TPSA) is 84.6 Å². The average molecular weight is 238 g/mol. The number of amides is 1. The molecule has 0 fully saturated rings. The van der Waals surface area contributed by atoms with Crippen LogP contribution in [0.25, 0.3) is 0 Å². The lowest BCUT2D eigenvalue weighted by Crippen LogP contribution is -2.50. The number of methoxy groups -OCH3 is 1. The molecule has 0 saturated heterocycles. The Morgan fingerprint density at radius 2 is 2.24 bits per heavy atom. The van der Waals surface area contributed by atoms with Gasteiger partial charge in [0.25, 0.3) is 0 Å². The molecule has 0 spiro atoms. The van der Waals surface area contributed by atoms with E-state index in [0.717, 1.165) is 0 Å². The monoisotopic (exact) mass is 238 g/mol. The zero-order chi connectivity index (χ0) is 13.1. The molecule has 0 aliphatic heterocycles. The molecule has 0 radical (unpaired) electrons. The largest absolute Gasteiger partial charge is 0.504 e. The van der Waals surface area contributed by atoms with E-state index in [0.29, 0.717) is 17.9 Å². The summed E-state index contributed by atoms with van der Waals surface area (Å²) in [6.07, 6.45) is 0. The molecule has 1 amide bonds. The summed E-state index contributed by atoms with van der Waals surface area (Å²) in [5.41, 5.74) is 5.09. The van der Waals surface area contributed by atoms with Crippen molar-refractivity contribution in [1.82, 2.24) is 5.32 Å². The van der Waals surface area contributed by atoms with Crippen LogP contribution in [0.5, 0.6) is 11.5 Å². The summed E-state index contributed by atoms with van der Waals surface area (Å²) in [4.78, 5) is 11.6. The van der Waals surface area contributed by atoms with E-state index < -0.39 is 11.4 Å². The van der Waals surface area contributed by atoms with Crippen molar-refractivity contribution in [3.8, 4) is 11.5 Å². The Balaban J connectivity index is 3.24. The number of nitrogens with one attached hydrogen (secondary N) is 1. The lowest BCUT2D eigenvalue weighted by molar-refractivity contribution is -0.124. The first kappa shape index (κ1) is 13.3. The third-order valence-corrected chi connectivity index (χ3v) is 2.78. The van der Waals surface area contributed by atoms with Gasteiger partial charge in [0.2, 0.25) is 5.91 Å². The molecule has 0 aromatic heterocycles. The fraction of sp³-hybridized carbons (Fsp3) is 0.417. The third kappa shape index (κ3) is 2.50. The van der Waals surface area contributed by atoms with Crippen LogP contribution in [0.3, 0.4) is 0 Å². The van der Waals surface area contributed by atoms with Crippen molar-refractivity contribution >= 4 is 5.91 Å². The van der Waals surface area contributed by atoms with Gasteiger partial charge in [0, 0.05) is 0 Å². The molecule has 0 bridgehead atoms. The average Bonchev–Trinajstić information content (AvgIpc) is 2.29. The minimum Gasteiger partial charge on any atom is -0.504 e. The Morgan fingerprint density at radius 3 is 2.71 bits per heavy atom. The van der Waals surface area contributed by atoms with E-state index in [4.69, 9.17) is 10.5 Å². The van der Waals surface area contributed by atoms with Crippen LogP contribution in [0.1, 0.15) is 19.4 Å². The number of carbonyl (C=O) groups is 1. The van der Waals surface area contributed by atoms with Gasteiger partial charge in [0.15, 0.2) is 11.5 Å². The molecule has 0 saturated carbocycles. The molecule has 1 unspecified atom stereocenters. The Hall–Kier alpha value is -1.75. The number of nitrogens with two attached hydrogens (primary N) is 1. The van der Waals surface area contributed by atoms with Crippen LogP contribution in [0.15, 0.2) is 18.2 Å². The first-order valence-corrected chi connectivity index (χ1v) is 5.38. The van der Waals surface area contributed by atoms with Crippen molar-refractivity contribution in [3.05, 3.63) is 23.8 Å². The number of likely N-dealkylation sites (N-methyl/N-ethyl adjacent to an activating group) is 1. The van der Waals surface area contributed by atoms with Crippen LogP contribution in [-0.2, 0) is 10.3 Å². The predicted octanol–water partition coefficient (Wildman–Crippen LogP) is 0.711. The number of phenols is 1. The number of aromatic hydroxyl groups is 1. The minimum atomic E-state index is -0.976. The second-order valence-electron chi connectivity index (χ2n) is 3.91. The van der Waals surface area contributed by atoms with E-state index in [2.05, 4.69) is 5.32 Å². The maximum atomic E-state index is 11.6. The highest BCUT2D eigenvalue weighted by Crippen LogP contribution is 2.31. The van der Waals surface area contributed by atoms with Crippen LogP contribution >= 0.6 is 0 Å². The molecular weight excluding hydrogens is 220 g/mol. The number of primary amides is 1. The SMILES string of the molecule is CCNC(C)(C(N)=O)c1ccc(O)c(OC)c1. The van der Waals surface area contributed by atoms with Crippen molar-refractivity contribution in [2.24, 2.45) is 5.73 Å². The highest BCUT2D eigenvalue weighted by Gasteiger charge is 2.32. The molecule has 1 atom stereocenters. The van der Waals surface area contributed by atoms with Gasteiger partial charge in [-0.3, -0.25) is 4.79 Å². The summed E-state index contributed by atoms with van der Waals surface area (Å²) in [7, 11) is 1.45. The summed E-state index contributed by atoms with van der Waals surface area (Å²) < 4.78 is 5.01. The third-order valence-electron chi connectivity index (χ3n) is 2.78. The van der Waals surface area contributed by atoms with Crippen LogP contribution in [0.4, 0.5) is 0 Å². The second-order valence-corrected chi connectivity index (χ2v) is 3.91. The number of phenolic OH excluding ortho intramolecular Hbond substituents is 1. The number of hydrogen-bond donors (Lipinski definition) is 3. The van der Waals surface area contributed by atoms with Crippen LogP contribution < -0.4 is 15.8 Å². The molecule has 0 aliphatic rings. The maximum absolute atomic E-state index is 11.6. The van der Waals surface area contributed by atoms with Crippen molar-refractivity contribution in [2.75, 3.05) is 13.7 Å². The quantitative estimate of drug-likeness (QED) is 0.705. The van der Waals surface area contributed by atoms with Gasteiger partial charge < -0.3 is 20.9 Å². The van der Waals surface area contributed by atoms with Gasteiger partial charge in [0.05, 0.1) is 7.11 Å². The van der Waals surface area contributed by atoms with E-state index in [-0.39, 0.29) is 5.75 Å². The predicted molar refractivity (Wildman–Crippen MR) is 64.9 cm³/mol. The maximum Gasteiger partial charge on any atom is 0.242 e. The van der Waals surface area contributed by atoms with Crippen molar-refractivity contribution in [2.45, 2.75) is 19.4 Å². The van der Waals surface area contributed by atoms with Crippen molar-refractivity contribution in [3.63, 3.8) is 0 Å². The first-order valence-electron chi connectivity index (χ1n) is 5.38. The van der Waals surface area contributed by atoms with E-state index in [1.807, 2.05) is 6.92 Å². The normalized spacial score (nSPS) is 14.1. The fourth-order valence-electron chi connectivity index (χ4n) is 1.67.